The monoisotopic (exact) mass is 463 g/mol. The molecule has 0 bridgehead atoms. The second-order valence-corrected chi connectivity index (χ2v) is 9.13. The SMILES string of the molecule is Cc1ccc(N2CCN(C(=O)C3=NCc4ccccc43)CC2c2ccc(Cl)cc2)c(Cl)c1. The first-order valence-electron chi connectivity index (χ1n) is 10.7. The van der Waals surface area contributed by atoms with Crippen LogP contribution in [0.2, 0.25) is 10.0 Å². The van der Waals surface area contributed by atoms with Crippen LogP contribution in [0.5, 0.6) is 0 Å². The highest BCUT2D eigenvalue weighted by Gasteiger charge is 2.34. The molecule has 1 unspecified atom stereocenters. The Balaban J connectivity index is 1.47. The van der Waals surface area contributed by atoms with E-state index in [0.717, 1.165) is 33.0 Å². The van der Waals surface area contributed by atoms with Crippen molar-refractivity contribution in [2.45, 2.75) is 19.5 Å². The van der Waals surface area contributed by atoms with Crippen molar-refractivity contribution in [2.24, 2.45) is 4.99 Å². The number of rotatable bonds is 3. The minimum absolute atomic E-state index is 0.0106. The number of aliphatic imine (C=N–C) groups is 1. The number of hydrogen-bond acceptors (Lipinski definition) is 3. The van der Waals surface area contributed by atoms with E-state index in [-0.39, 0.29) is 11.9 Å². The van der Waals surface area contributed by atoms with E-state index < -0.39 is 0 Å². The lowest BCUT2D eigenvalue weighted by Crippen LogP contribution is -2.52. The standard InChI is InChI=1S/C26H23Cl2N3O/c1-17-6-11-23(22(28)14-17)31-13-12-30(16-24(31)18-7-9-20(27)10-8-18)26(32)25-21-5-3-2-4-19(21)15-29-25/h2-11,14,24H,12-13,15-16H2,1H3. The van der Waals surface area contributed by atoms with Gasteiger partial charge in [0.05, 0.1) is 23.3 Å². The van der Waals surface area contributed by atoms with Gasteiger partial charge in [-0.3, -0.25) is 9.79 Å². The van der Waals surface area contributed by atoms with E-state index in [9.17, 15) is 4.79 Å². The Labute approximate surface area is 198 Å². The van der Waals surface area contributed by atoms with Gasteiger partial charge in [0.1, 0.15) is 5.71 Å². The second-order valence-electron chi connectivity index (χ2n) is 8.29. The fraction of sp³-hybridized carbons (Fsp3) is 0.231. The van der Waals surface area contributed by atoms with Crippen molar-refractivity contribution >= 4 is 40.5 Å². The highest BCUT2D eigenvalue weighted by molar-refractivity contribution is 6.46. The molecule has 1 amide bonds. The number of benzene rings is 3. The molecule has 32 heavy (non-hydrogen) atoms. The first-order valence-corrected chi connectivity index (χ1v) is 11.5. The van der Waals surface area contributed by atoms with Gasteiger partial charge in [0.15, 0.2) is 0 Å². The van der Waals surface area contributed by atoms with Crippen LogP contribution in [0.3, 0.4) is 0 Å². The molecule has 2 aliphatic rings. The van der Waals surface area contributed by atoms with Crippen LogP contribution < -0.4 is 4.90 Å². The highest BCUT2D eigenvalue weighted by atomic mass is 35.5. The van der Waals surface area contributed by atoms with Crippen molar-refractivity contribution in [1.29, 1.82) is 0 Å². The molecule has 1 atom stereocenters. The van der Waals surface area contributed by atoms with Gasteiger partial charge < -0.3 is 9.80 Å². The van der Waals surface area contributed by atoms with Gasteiger partial charge in [-0.25, -0.2) is 0 Å². The molecular weight excluding hydrogens is 441 g/mol. The summed E-state index contributed by atoms with van der Waals surface area (Å²) in [6.07, 6.45) is 0. The second kappa shape index (κ2) is 8.61. The van der Waals surface area contributed by atoms with E-state index in [0.29, 0.717) is 36.9 Å². The summed E-state index contributed by atoms with van der Waals surface area (Å²) >= 11 is 12.8. The van der Waals surface area contributed by atoms with Crippen LogP contribution in [-0.4, -0.2) is 36.2 Å². The summed E-state index contributed by atoms with van der Waals surface area (Å²) < 4.78 is 0. The summed E-state index contributed by atoms with van der Waals surface area (Å²) in [6.45, 7) is 4.43. The molecule has 6 heteroatoms. The molecule has 1 saturated heterocycles. The van der Waals surface area contributed by atoms with Crippen LogP contribution in [0.1, 0.15) is 28.3 Å². The normalized spacial score (nSPS) is 17.8. The topological polar surface area (TPSA) is 35.9 Å². The van der Waals surface area contributed by atoms with Gasteiger partial charge in [0.2, 0.25) is 0 Å². The predicted octanol–water partition coefficient (Wildman–Crippen LogP) is 5.69. The zero-order chi connectivity index (χ0) is 22.2. The van der Waals surface area contributed by atoms with E-state index in [1.54, 1.807) is 0 Å². The van der Waals surface area contributed by atoms with E-state index in [4.69, 9.17) is 23.2 Å². The summed E-state index contributed by atoms with van der Waals surface area (Å²) in [5, 5.41) is 1.41. The van der Waals surface area contributed by atoms with Gasteiger partial charge >= 0.3 is 0 Å². The van der Waals surface area contributed by atoms with Gasteiger partial charge in [0.25, 0.3) is 5.91 Å². The minimum atomic E-state index is -0.0394. The maximum atomic E-state index is 13.5. The average molecular weight is 464 g/mol. The maximum Gasteiger partial charge on any atom is 0.272 e. The molecule has 3 aromatic rings. The van der Waals surface area contributed by atoms with Crippen LogP contribution >= 0.6 is 23.2 Å². The molecule has 0 aliphatic carbocycles. The minimum Gasteiger partial charge on any atom is -0.360 e. The average Bonchev–Trinajstić information content (AvgIpc) is 3.23. The number of piperazine rings is 1. The predicted molar refractivity (Wildman–Crippen MR) is 131 cm³/mol. The molecule has 0 aromatic heterocycles. The first-order chi connectivity index (χ1) is 15.5. The van der Waals surface area contributed by atoms with E-state index in [1.807, 2.05) is 66.4 Å². The molecule has 2 heterocycles. The lowest BCUT2D eigenvalue weighted by Gasteiger charge is -2.43. The van der Waals surface area contributed by atoms with Crippen molar-refractivity contribution in [3.63, 3.8) is 0 Å². The molecule has 162 valence electrons. The maximum absolute atomic E-state index is 13.5. The Morgan fingerprint density at radius 2 is 1.78 bits per heavy atom. The van der Waals surface area contributed by atoms with Crippen molar-refractivity contribution < 1.29 is 4.79 Å². The Bertz CT molecular complexity index is 1210. The lowest BCUT2D eigenvalue weighted by molar-refractivity contribution is -0.124. The van der Waals surface area contributed by atoms with Gasteiger partial charge in [0, 0.05) is 30.2 Å². The van der Waals surface area contributed by atoms with Crippen LogP contribution in [-0.2, 0) is 11.3 Å². The number of amides is 1. The van der Waals surface area contributed by atoms with Crippen LogP contribution in [0.25, 0.3) is 0 Å². The molecule has 4 nitrogen and oxygen atoms in total. The van der Waals surface area contributed by atoms with Gasteiger partial charge in [-0.05, 0) is 47.9 Å². The third-order valence-electron chi connectivity index (χ3n) is 6.22. The fourth-order valence-electron chi connectivity index (χ4n) is 4.54. The molecule has 5 rings (SSSR count). The number of aryl methyl sites for hydroxylation is 1. The largest absolute Gasteiger partial charge is 0.360 e. The summed E-state index contributed by atoms with van der Waals surface area (Å²) in [7, 11) is 0. The zero-order valence-electron chi connectivity index (χ0n) is 17.8. The number of carbonyl (C=O) groups excluding carboxylic acids is 1. The molecule has 0 N–H and O–H groups in total. The Morgan fingerprint density at radius 3 is 2.56 bits per heavy atom. The molecule has 0 spiro atoms. The van der Waals surface area contributed by atoms with E-state index in [1.165, 1.54) is 0 Å². The number of fused-ring (bicyclic) bond motifs is 1. The van der Waals surface area contributed by atoms with Gasteiger partial charge in [-0.1, -0.05) is 65.7 Å². The van der Waals surface area contributed by atoms with E-state index >= 15 is 0 Å². The Hall–Kier alpha value is -2.82. The van der Waals surface area contributed by atoms with Gasteiger partial charge in [-0.2, -0.15) is 0 Å². The third kappa shape index (κ3) is 3.89. The van der Waals surface area contributed by atoms with E-state index in [2.05, 4.69) is 22.0 Å². The van der Waals surface area contributed by atoms with Gasteiger partial charge in [-0.15, -0.1) is 0 Å². The fourth-order valence-corrected chi connectivity index (χ4v) is 5.01. The lowest BCUT2D eigenvalue weighted by atomic mass is 9.99. The van der Waals surface area contributed by atoms with Crippen LogP contribution in [0.15, 0.2) is 71.7 Å². The van der Waals surface area contributed by atoms with Crippen molar-refractivity contribution in [2.75, 3.05) is 24.5 Å². The summed E-state index contributed by atoms with van der Waals surface area (Å²) in [5.41, 5.74) is 5.82. The molecule has 3 aromatic carbocycles. The van der Waals surface area contributed by atoms with Crippen molar-refractivity contribution in [3.8, 4) is 0 Å². The Kier molecular flexibility index (Phi) is 5.66. The van der Waals surface area contributed by atoms with Crippen molar-refractivity contribution in [1.82, 2.24) is 4.90 Å². The smallest absolute Gasteiger partial charge is 0.272 e. The number of hydrogen-bond donors (Lipinski definition) is 0. The van der Waals surface area contributed by atoms with Crippen LogP contribution in [0, 0.1) is 6.92 Å². The molecule has 0 saturated carbocycles. The molecule has 2 aliphatic heterocycles. The summed E-state index contributed by atoms with van der Waals surface area (Å²) in [6, 6.07) is 21.9. The third-order valence-corrected chi connectivity index (χ3v) is 6.77. The first kappa shape index (κ1) is 21.0. The number of anilines is 1. The summed E-state index contributed by atoms with van der Waals surface area (Å²) in [4.78, 5) is 22.2. The number of nitrogens with zero attached hydrogens (tertiary/aromatic N) is 3. The zero-order valence-corrected chi connectivity index (χ0v) is 19.3. The highest BCUT2D eigenvalue weighted by Crippen LogP contribution is 2.36. The molecule has 1 fully saturated rings. The Morgan fingerprint density at radius 1 is 1.00 bits per heavy atom. The van der Waals surface area contributed by atoms with Crippen LogP contribution in [0.4, 0.5) is 5.69 Å². The van der Waals surface area contributed by atoms with Crippen molar-refractivity contribution in [3.05, 3.63) is 99.0 Å². The summed E-state index contributed by atoms with van der Waals surface area (Å²) in [5.74, 6) is -0.0106. The number of halogens is 2. The number of carbonyl (C=O) groups is 1. The molecule has 0 radical (unpaired) electrons. The molecular formula is C26H23Cl2N3O. The quantitative estimate of drug-likeness (QED) is 0.499.